The second-order valence-corrected chi connectivity index (χ2v) is 5.82. The number of aliphatic imine (C=N–C) groups is 1. The number of fused-ring (bicyclic) bond motifs is 3. The van der Waals surface area contributed by atoms with Crippen LogP contribution < -0.4 is 0 Å². The number of rotatable bonds is 2. The Morgan fingerprint density at radius 1 is 1.12 bits per heavy atom. The number of halogens is 3. The van der Waals surface area contributed by atoms with Crippen LogP contribution in [0.1, 0.15) is 22.5 Å². The van der Waals surface area contributed by atoms with E-state index < -0.39 is 11.6 Å². The standard InChI is InChI=1S/C18H11ClF2N4/c1-2-10-6-7-13-16(17(10)19)18(15-11(20)4-3-5-12(15)21)22-8-14-24-23-9-25(13)14/h2-7,9H,1,8H2. The molecule has 2 aromatic carbocycles. The van der Waals surface area contributed by atoms with Gasteiger partial charge < -0.3 is 0 Å². The van der Waals surface area contributed by atoms with Crippen LogP contribution in [0.25, 0.3) is 11.8 Å². The van der Waals surface area contributed by atoms with Crippen molar-refractivity contribution >= 4 is 23.4 Å². The fourth-order valence-electron chi connectivity index (χ4n) is 2.89. The van der Waals surface area contributed by atoms with Gasteiger partial charge in [-0.3, -0.25) is 9.56 Å². The Kier molecular flexibility index (Phi) is 3.69. The molecule has 0 saturated heterocycles. The fourth-order valence-corrected chi connectivity index (χ4v) is 3.22. The minimum absolute atomic E-state index is 0.123. The maximum atomic E-state index is 14.4. The van der Waals surface area contributed by atoms with Crippen molar-refractivity contribution in [3.63, 3.8) is 0 Å². The fraction of sp³-hybridized carbons (Fsp3) is 0.0556. The van der Waals surface area contributed by atoms with E-state index in [0.717, 1.165) is 0 Å². The summed E-state index contributed by atoms with van der Waals surface area (Å²) in [5, 5.41) is 8.21. The summed E-state index contributed by atoms with van der Waals surface area (Å²) in [6.45, 7) is 3.85. The predicted octanol–water partition coefficient (Wildman–Crippen LogP) is 4.19. The number of hydrogen-bond acceptors (Lipinski definition) is 3. The molecule has 1 aliphatic rings. The van der Waals surface area contributed by atoms with E-state index in [0.29, 0.717) is 27.7 Å². The first kappa shape index (κ1) is 15.7. The third-order valence-corrected chi connectivity index (χ3v) is 4.47. The minimum Gasteiger partial charge on any atom is -0.283 e. The maximum absolute atomic E-state index is 14.4. The van der Waals surface area contributed by atoms with Crippen LogP contribution in [0.3, 0.4) is 0 Å². The van der Waals surface area contributed by atoms with Gasteiger partial charge in [0.05, 0.1) is 22.0 Å². The quantitative estimate of drug-likeness (QED) is 0.691. The molecular weight excluding hydrogens is 346 g/mol. The van der Waals surface area contributed by atoms with Crippen LogP contribution in [0.5, 0.6) is 0 Å². The van der Waals surface area contributed by atoms with Gasteiger partial charge in [0.1, 0.15) is 24.5 Å². The summed E-state index contributed by atoms with van der Waals surface area (Å²) in [4.78, 5) is 4.40. The van der Waals surface area contributed by atoms with E-state index in [2.05, 4.69) is 21.8 Å². The molecule has 4 rings (SSSR count). The summed E-state index contributed by atoms with van der Waals surface area (Å²) in [6, 6.07) is 7.25. The summed E-state index contributed by atoms with van der Waals surface area (Å²) in [5.74, 6) is -0.861. The molecule has 124 valence electrons. The molecule has 0 atom stereocenters. The average Bonchev–Trinajstić information content (AvgIpc) is 3.00. The Morgan fingerprint density at radius 2 is 1.88 bits per heavy atom. The maximum Gasteiger partial charge on any atom is 0.159 e. The van der Waals surface area contributed by atoms with Crippen LogP contribution >= 0.6 is 11.6 Å². The Labute approximate surface area is 147 Å². The van der Waals surface area contributed by atoms with Crippen molar-refractivity contribution in [2.75, 3.05) is 0 Å². The van der Waals surface area contributed by atoms with E-state index in [4.69, 9.17) is 11.6 Å². The van der Waals surface area contributed by atoms with Gasteiger partial charge in [0.15, 0.2) is 5.82 Å². The first-order valence-corrected chi connectivity index (χ1v) is 7.83. The first-order valence-electron chi connectivity index (χ1n) is 7.45. The molecule has 4 nitrogen and oxygen atoms in total. The average molecular weight is 357 g/mol. The van der Waals surface area contributed by atoms with Gasteiger partial charge in [0.2, 0.25) is 0 Å². The first-order chi connectivity index (χ1) is 12.1. The molecule has 0 bridgehead atoms. The normalized spacial score (nSPS) is 12.8. The minimum atomic E-state index is -0.706. The summed E-state index contributed by atoms with van der Waals surface area (Å²) in [6.07, 6.45) is 3.10. The highest BCUT2D eigenvalue weighted by atomic mass is 35.5. The van der Waals surface area contributed by atoms with E-state index >= 15 is 0 Å². The van der Waals surface area contributed by atoms with Crippen molar-refractivity contribution in [3.8, 4) is 5.69 Å². The lowest BCUT2D eigenvalue weighted by atomic mass is 9.97. The van der Waals surface area contributed by atoms with E-state index in [-0.39, 0.29) is 17.8 Å². The lowest BCUT2D eigenvalue weighted by Crippen LogP contribution is -2.12. The Bertz CT molecular complexity index is 1020. The van der Waals surface area contributed by atoms with Crippen LogP contribution in [0.2, 0.25) is 5.02 Å². The molecule has 25 heavy (non-hydrogen) atoms. The van der Waals surface area contributed by atoms with Crippen LogP contribution in [0.15, 0.2) is 48.2 Å². The zero-order chi connectivity index (χ0) is 17.6. The molecule has 0 N–H and O–H groups in total. The highest BCUT2D eigenvalue weighted by Crippen LogP contribution is 2.34. The lowest BCUT2D eigenvalue weighted by molar-refractivity contribution is 0.579. The zero-order valence-corrected chi connectivity index (χ0v) is 13.6. The monoisotopic (exact) mass is 356 g/mol. The number of benzene rings is 2. The molecule has 1 aliphatic heterocycles. The Morgan fingerprint density at radius 3 is 2.60 bits per heavy atom. The van der Waals surface area contributed by atoms with Crippen molar-refractivity contribution in [2.45, 2.75) is 6.54 Å². The molecular formula is C18H11ClF2N4. The van der Waals surface area contributed by atoms with Crippen molar-refractivity contribution in [1.29, 1.82) is 0 Å². The number of nitrogens with zero attached hydrogens (tertiary/aromatic N) is 4. The molecule has 0 unspecified atom stereocenters. The second kappa shape index (κ2) is 5.89. The lowest BCUT2D eigenvalue weighted by Gasteiger charge is -2.15. The van der Waals surface area contributed by atoms with Crippen molar-refractivity contribution in [1.82, 2.24) is 14.8 Å². The molecule has 0 amide bonds. The van der Waals surface area contributed by atoms with Gasteiger partial charge in [0, 0.05) is 5.56 Å². The van der Waals surface area contributed by atoms with Gasteiger partial charge in [-0.15, -0.1) is 10.2 Å². The summed E-state index contributed by atoms with van der Waals surface area (Å²) >= 11 is 6.53. The van der Waals surface area contributed by atoms with Crippen LogP contribution in [-0.4, -0.2) is 20.5 Å². The molecule has 0 fully saturated rings. The van der Waals surface area contributed by atoms with Gasteiger partial charge in [0.25, 0.3) is 0 Å². The molecule has 0 radical (unpaired) electrons. The third kappa shape index (κ3) is 2.37. The highest BCUT2D eigenvalue weighted by molar-refractivity contribution is 6.37. The van der Waals surface area contributed by atoms with E-state index in [9.17, 15) is 8.78 Å². The van der Waals surface area contributed by atoms with Gasteiger partial charge in [-0.1, -0.05) is 36.4 Å². The van der Waals surface area contributed by atoms with Crippen LogP contribution in [0.4, 0.5) is 8.78 Å². The van der Waals surface area contributed by atoms with E-state index in [1.165, 1.54) is 24.5 Å². The predicted molar refractivity (Wildman–Crippen MR) is 92.2 cm³/mol. The number of hydrogen-bond donors (Lipinski definition) is 0. The Balaban J connectivity index is 2.10. The SMILES string of the molecule is C=Cc1ccc2c(c1Cl)C(c1c(F)cccc1F)=NCc1nncn1-2. The summed E-state index contributed by atoms with van der Waals surface area (Å²) < 4.78 is 30.5. The van der Waals surface area contributed by atoms with Gasteiger partial charge in [-0.25, -0.2) is 8.78 Å². The van der Waals surface area contributed by atoms with Gasteiger partial charge >= 0.3 is 0 Å². The van der Waals surface area contributed by atoms with Crippen molar-refractivity contribution in [2.24, 2.45) is 4.99 Å². The molecule has 0 aliphatic carbocycles. The van der Waals surface area contributed by atoms with Gasteiger partial charge in [-0.2, -0.15) is 0 Å². The number of aromatic nitrogens is 3. The molecule has 1 aromatic heterocycles. The zero-order valence-electron chi connectivity index (χ0n) is 12.9. The highest BCUT2D eigenvalue weighted by Gasteiger charge is 2.27. The summed E-state index contributed by atoms with van der Waals surface area (Å²) in [5.41, 5.74) is 1.59. The largest absolute Gasteiger partial charge is 0.283 e. The molecule has 0 spiro atoms. The van der Waals surface area contributed by atoms with Crippen LogP contribution in [-0.2, 0) is 6.54 Å². The molecule has 2 heterocycles. The molecule has 3 aromatic rings. The molecule has 0 saturated carbocycles. The topological polar surface area (TPSA) is 43.1 Å². The van der Waals surface area contributed by atoms with Crippen molar-refractivity contribution < 1.29 is 8.78 Å². The van der Waals surface area contributed by atoms with Gasteiger partial charge in [-0.05, 0) is 23.8 Å². The van der Waals surface area contributed by atoms with Crippen molar-refractivity contribution in [3.05, 3.63) is 82.4 Å². The summed E-state index contributed by atoms with van der Waals surface area (Å²) in [7, 11) is 0. The second-order valence-electron chi connectivity index (χ2n) is 5.45. The Hall–Kier alpha value is -2.86. The smallest absolute Gasteiger partial charge is 0.159 e. The third-order valence-electron chi connectivity index (χ3n) is 4.06. The van der Waals surface area contributed by atoms with E-state index in [1.807, 2.05) is 0 Å². The molecule has 7 heteroatoms. The van der Waals surface area contributed by atoms with Crippen LogP contribution in [0, 0.1) is 11.6 Å². The van der Waals surface area contributed by atoms with E-state index in [1.54, 1.807) is 22.8 Å².